The molecule has 17 heavy (non-hydrogen) atoms. The van der Waals surface area contributed by atoms with E-state index >= 15 is 0 Å². The van der Waals surface area contributed by atoms with Gasteiger partial charge >= 0.3 is 0 Å². The first-order valence-electron chi connectivity index (χ1n) is 6.47. The van der Waals surface area contributed by atoms with Crippen LogP contribution >= 0.6 is 0 Å². The van der Waals surface area contributed by atoms with Crippen molar-refractivity contribution in [2.45, 2.75) is 58.1 Å². The lowest BCUT2D eigenvalue weighted by Crippen LogP contribution is -2.47. The molecule has 1 atom stereocenters. The Labute approximate surface area is 105 Å². The molecular weight excluding hydrogens is 214 g/mol. The molecule has 1 aliphatic rings. The van der Waals surface area contributed by atoms with Crippen LogP contribution in [0.2, 0.25) is 0 Å². The van der Waals surface area contributed by atoms with E-state index in [1.54, 1.807) is 6.08 Å². The average molecular weight is 239 g/mol. The van der Waals surface area contributed by atoms with Crippen molar-refractivity contribution < 1.29 is 9.53 Å². The largest absolute Gasteiger partial charge is 0.364 e. The van der Waals surface area contributed by atoms with Crippen LogP contribution in [-0.2, 0) is 9.53 Å². The van der Waals surface area contributed by atoms with E-state index < -0.39 is 0 Å². The van der Waals surface area contributed by atoms with E-state index in [0.29, 0.717) is 12.5 Å². The maximum Gasteiger partial charge on any atom is 0.249 e. The van der Waals surface area contributed by atoms with Crippen LogP contribution in [0.3, 0.4) is 0 Å². The summed E-state index contributed by atoms with van der Waals surface area (Å²) in [5.74, 6) is 0.668. The maximum atomic E-state index is 12.1. The van der Waals surface area contributed by atoms with Gasteiger partial charge in [0.2, 0.25) is 5.91 Å². The van der Waals surface area contributed by atoms with Gasteiger partial charge in [0, 0.05) is 5.54 Å². The zero-order chi connectivity index (χ0) is 12.9. The molecular formula is C14H25NO2. The number of carbonyl (C=O) groups excluding carboxylic acids is 1. The topological polar surface area (TPSA) is 38.3 Å². The van der Waals surface area contributed by atoms with E-state index in [9.17, 15) is 4.79 Å². The smallest absolute Gasteiger partial charge is 0.249 e. The van der Waals surface area contributed by atoms with Gasteiger partial charge in [-0.2, -0.15) is 0 Å². The number of hydrogen-bond acceptors (Lipinski definition) is 2. The lowest BCUT2D eigenvalue weighted by Gasteiger charge is -2.31. The highest BCUT2D eigenvalue weighted by atomic mass is 16.5. The van der Waals surface area contributed by atoms with E-state index in [0.717, 1.165) is 6.42 Å². The van der Waals surface area contributed by atoms with E-state index in [4.69, 9.17) is 4.74 Å². The minimum atomic E-state index is -0.322. The van der Waals surface area contributed by atoms with Crippen LogP contribution in [0.1, 0.15) is 46.5 Å². The fourth-order valence-corrected chi connectivity index (χ4v) is 1.92. The Bertz CT molecular complexity index is 264. The molecule has 1 amide bonds. The van der Waals surface area contributed by atoms with Crippen LogP contribution in [0.25, 0.3) is 0 Å². The molecule has 98 valence electrons. The lowest BCUT2D eigenvalue weighted by molar-refractivity contribution is -0.135. The first-order valence-corrected chi connectivity index (χ1v) is 6.47. The Morgan fingerprint density at radius 1 is 1.53 bits per heavy atom. The zero-order valence-electron chi connectivity index (χ0n) is 11.3. The number of rotatable bonds is 6. The third-order valence-electron chi connectivity index (χ3n) is 2.98. The number of nitrogens with one attached hydrogen (secondary N) is 1. The van der Waals surface area contributed by atoms with Gasteiger partial charge in [0.15, 0.2) is 0 Å². The van der Waals surface area contributed by atoms with E-state index in [1.807, 2.05) is 20.8 Å². The van der Waals surface area contributed by atoms with Gasteiger partial charge in [-0.15, -0.1) is 6.58 Å². The van der Waals surface area contributed by atoms with Crippen LogP contribution < -0.4 is 5.32 Å². The number of amides is 1. The molecule has 0 aromatic rings. The van der Waals surface area contributed by atoms with Gasteiger partial charge in [0.1, 0.15) is 6.10 Å². The van der Waals surface area contributed by atoms with Gasteiger partial charge < -0.3 is 10.1 Å². The minimum absolute atomic E-state index is 0.00579. The number of hydrogen-bond donors (Lipinski definition) is 1. The summed E-state index contributed by atoms with van der Waals surface area (Å²) in [5, 5.41) is 2.98. The first-order chi connectivity index (χ1) is 7.92. The maximum absolute atomic E-state index is 12.1. The van der Waals surface area contributed by atoms with E-state index in [1.165, 1.54) is 19.3 Å². The van der Waals surface area contributed by atoms with Gasteiger partial charge in [-0.3, -0.25) is 4.79 Å². The van der Waals surface area contributed by atoms with Crippen molar-refractivity contribution in [2.24, 2.45) is 5.92 Å². The van der Waals surface area contributed by atoms with E-state index in [-0.39, 0.29) is 17.6 Å². The first kappa shape index (κ1) is 14.2. The Balaban J connectivity index is 2.47. The van der Waals surface area contributed by atoms with Crippen molar-refractivity contribution in [2.75, 3.05) is 6.61 Å². The van der Waals surface area contributed by atoms with Gasteiger partial charge in [0.05, 0.1) is 6.61 Å². The summed E-state index contributed by atoms with van der Waals surface area (Å²) >= 11 is 0. The molecule has 0 aromatic carbocycles. The van der Waals surface area contributed by atoms with Gasteiger partial charge in [-0.05, 0) is 33.1 Å². The van der Waals surface area contributed by atoms with Gasteiger partial charge in [0.25, 0.3) is 0 Å². The highest BCUT2D eigenvalue weighted by molar-refractivity contribution is 5.81. The molecule has 1 aliphatic carbocycles. The molecule has 3 nitrogen and oxygen atoms in total. The summed E-state index contributed by atoms with van der Waals surface area (Å²) in [5.41, 5.74) is -0.202. The Kier molecular flexibility index (Phi) is 5.19. The molecule has 1 fully saturated rings. The third-order valence-corrected chi connectivity index (χ3v) is 2.98. The summed E-state index contributed by atoms with van der Waals surface area (Å²) in [6, 6.07) is 0. The molecule has 1 rings (SSSR count). The molecule has 0 aromatic heterocycles. The van der Waals surface area contributed by atoms with Crippen LogP contribution in [-0.4, -0.2) is 24.2 Å². The molecule has 0 saturated heterocycles. The second-order valence-electron chi connectivity index (χ2n) is 5.88. The van der Waals surface area contributed by atoms with Crippen molar-refractivity contribution in [1.82, 2.24) is 5.32 Å². The summed E-state index contributed by atoms with van der Waals surface area (Å²) in [6.45, 7) is 10.0. The summed E-state index contributed by atoms with van der Waals surface area (Å²) in [6.07, 6.45) is 5.97. The highest BCUT2D eigenvalue weighted by Crippen LogP contribution is 2.31. The molecule has 1 unspecified atom stereocenters. The second kappa shape index (κ2) is 6.20. The van der Waals surface area contributed by atoms with Crippen molar-refractivity contribution in [3.8, 4) is 0 Å². The van der Waals surface area contributed by atoms with Crippen LogP contribution in [0, 0.1) is 5.92 Å². The van der Waals surface area contributed by atoms with Crippen LogP contribution in [0.15, 0.2) is 12.7 Å². The predicted octanol–water partition coefficient (Wildman–Crippen LogP) is 2.66. The SMILES string of the molecule is C=CCOC(CC1CCC1)C(=O)NC(C)(C)C. The normalized spacial score (nSPS) is 18.3. The van der Waals surface area contributed by atoms with Crippen molar-refractivity contribution >= 4 is 5.91 Å². The molecule has 0 bridgehead atoms. The summed E-state index contributed by atoms with van der Waals surface area (Å²) < 4.78 is 5.58. The Hall–Kier alpha value is -0.830. The molecule has 1 saturated carbocycles. The predicted molar refractivity (Wildman–Crippen MR) is 69.8 cm³/mol. The number of ether oxygens (including phenoxy) is 1. The third kappa shape index (κ3) is 5.35. The van der Waals surface area contributed by atoms with Gasteiger partial charge in [-0.25, -0.2) is 0 Å². The Morgan fingerprint density at radius 2 is 2.18 bits per heavy atom. The van der Waals surface area contributed by atoms with Crippen molar-refractivity contribution in [1.29, 1.82) is 0 Å². The molecule has 0 heterocycles. The minimum Gasteiger partial charge on any atom is -0.364 e. The molecule has 0 aliphatic heterocycles. The fraction of sp³-hybridized carbons (Fsp3) is 0.786. The van der Waals surface area contributed by atoms with Gasteiger partial charge in [-0.1, -0.05) is 25.3 Å². The monoisotopic (exact) mass is 239 g/mol. The highest BCUT2D eigenvalue weighted by Gasteiger charge is 2.28. The quantitative estimate of drug-likeness (QED) is 0.724. The zero-order valence-corrected chi connectivity index (χ0v) is 11.3. The lowest BCUT2D eigenvalue weighted by atomic mass is 9.81. The molecule has 0 spiro atoms. The fourth-order valence-electron chi connectivity index (χ4n) is 1.92. The van der Waals surface area contributed by atoms with Crippen molar-refractivity contribution in [3.05, 3.63) is 12.7 Å². The second-order valence-corrected chi connectivity index (χ2v) is 5.88. The Morgan fingerprint density at radius 3 is 2.59 bits per heavy atom. The van der Waals surface area contributed by atoms with Crippen molar-refractivity contribution in [3.63, 3.8) is 0 Å². The average Bonchev–Trinajstić information content (AvgIpc) is 2.12. The molecule has 3 heteroatoms. The molecule has 0 radical (unpaired) electrons. The summed E-state index contributed by atoms with van der Waals surface area (Å²) in [4.78, 5) is 12.1. The number of carbonyl (C=O) groups is 1. The van der Waals surface area contributed by atoms with E-state index in [2.05, 4.69) is 11.9 Å². The summed E-state index contributed by atoms with van der Waals surface area (Å²) in [7, 11) is 0. The van der Waals surface area contributed by atoms with Crippen LogP contribution in [0.5, 0.6) is 0 Å². The standard InChI is InChI=1S/C14H25NO2/c1-5-9-17-12(10-11-7-6-8-11)13(16)15-14(2,3)4/h5,11-12H,1,6-10H2,2-4H3,(H,15,16). The molecule has 1 N–H and O–H groups in total. The van der Waals surface area contributed by atoms with Crippen LogP contribution in [0.4, 0.5) is 0 Å².